The highest BCUT2D eigenvalue weighted by Gasteiger charge is 2.11. The Labute approximate surface area is 78.0 Å². The third-order valence-corrected chi connectivity index (χ3v) is 1.52. The molecule has 1 atom stereocenters. The second-order valence-corrected chi connectivity index (χ2v) is 2.49. The van der Waals surface area contributed by atoms with Gasteiger partial charge in [-0.15, -0.1) is 0 Å². The van der Waals surface area contributed by atoms with Gasteiger partial charge in [0.25, 0.3) is 6.47 Å². The van der Waals surface area contributed by atoms with Gasteiger partial charge in [0.15, 0.2) is 0 Å². The average Bonchev–Trinajstić information content (AvgIpc) is 2.18. The number of carbonyl (C=O) groups is 1. The van der Waals surface area contributed by atoms with E-state index in [4.69, 9.17) is 19.4 Å². The number of hydrogen-bond donors (Lipinski definition) is 2. The minimum absolute atomic E-state index is 0.250. The Morgan fingerprint density at radius 3 is 2.92 bits per heavy atom. The van der Waals surface area contributed by atoms with Gasteiger partial charge >= 0.3 is 0 Å². The van der Waals surface area contributed by atoms with Gasteiger partial charge in [0.05, 0.1) is 25.9 Å². The van der Waals surface area contributed by atoms with E-state index in [9.17, 15) is 0 Å². The van der Waals surface area contributed by atoms with Crippen LogP contribution in [0.5, 0.6) is 0 Å². The summed E-state index contributed by atoms with van der Waals surface area (Å²) < 4.78 is 10.5. The van der Waals surface area contributed by atoms with E-state index in [1.165, 1.54) is 0 Å². The minimum Gasteiger partial charge on any atom is -0.483 e. The number of ether oxygens (including phenoxy) is 2. The molecule has 0 saturated carbocycles. The summed E-state index contributed by atoms with van der Waals surface area (Å²) in [6.07, 6.45) is 0. The highest BCUT2D eigenvalue weighted by atomic mass is 16.5. The van der Waals surface area contributed by atoms with Crippen LogP contribution in [-0.2, 0) is 14.3 Å². The first-order valence-electron chi connectivity index (χ1n) is 4.31. The summed E-state index contributed by atoms with van der Waals surface area (Å²) in [5.74, 6) is 0. The lowest BCUT2D eigenvalue weighted by Gasteiger charge is -2.23. The molecule has 78 valence electrons. The molecular formula is C8H17NO4. The van der Waals surface area contributed by atoms with Crippen LogP contribution in [0.4, 0.5) is 0 Å². The molecule has 2 N–H and O–H groups in total. The number of carboxylic acid groups (broad SMARTS) is 1. The van der Waals surface area contributed by atoms with E-state index in [0.717, 1.165) is 33.0 Å². The third-order valence-electron chi connectivity index (χ3n) is 1.52. The third kappa shape index (κ3) is 7.70. The van der Waals surface area contributed by atoms with E-state index in [1.807, 2.05) is 6.92 Å². The molecule has 1 rings (SSSR count). The number of rotatable bonds is 3. The van der Waals surface area contributed by atoms with Crippen LogP contribution in [0.15, 0.2) is 0 Å². The molecule has 0 bridgehead atoms. The summed E-state index contributed by atoms with van der Waals surface area (Å²) >= 11 is 0. The zero-order valence-electron chi connectivity index (χ0n) is 7.86. The van der Waals surface area contributed by atoms with Crippen LogP contribution in [0.1, 0.15) is 6.92 Å². The first kappa shape index (κ1) is 12.3. The molecule has 0 radical (unpaired) electrons. The molecule has 1 saturated heterocycles. The molecule has 5 heteroatoms. The molecule has 1 heterocycles. The SMILES string of the molecule is CCOCC1COCCN1.O=CO. The Morgan fingerprint density at radius 2 is 2.46 bits per heavy atom. The molecule has 0 spiro atoms. The van der Waals surface area contributed by atoms with Gasteiger partial charge in [0.1, 0.15) is 0 Å². The maximum Gasteiger partial charge on any atom is 0.290 e. The van der Waals surface area contributed by atoms with E-state index in [2.05, 4.69) is 5.32 Å². The zero-order valence-corrected chi connectivity index (χ0v) is 7.86. The highest BCUT2D eigenvalue weighted by molar-refractivity contribution is 5.32. The van der Waals surface area contributed by atoms with Crippen molar-refractivity contribution in [3.63, 3.8) is 0 Å². The van der Waals surface area contributed by atoms with Crippen LogP contribution in [-0.4, -0.2) is 50.6 Å². The van der Waals surface area contributed by atoms with Gasteiger partial charge in [0, 0.05) is 13.2 Å². The number of hydrogen-bond acceptors (Lipinski definition) is 4. The predicted molar refractivity (Wildman–Crippen MR) is 47.8 cm³/mol. The van der Waals surface area contributed by atoms with Crippen molar-refractivity contribution in [2.45, 2.75) is 13.0 Å². The summed E-state index contributed by atoms with van der Waals surface area (Å²) in [7, 11) is 0. The van der Waals surface area contributed by atoms with Gasteiger partial charge in [-0.2, -0.15) is 0 Å². The minimum atomic E-state index is -0.250. The molecule has 13 heavy (non-hydrogen) atoms. The Hall–Kier alpha value is -0.650. The van der Waals surface area contributed by atoms with Crippen molar-refractivity contribution < 1.29 is 19.4 Å². The Morgan fingerprint density at radius 1 is 1.77 bits per heavy atom. The van der Waals surface area contributed by atoms with E-state index in [0.29, 0.717) is 6.04 Å². The van der Waals surface area contributed by atoms with Crippen molar-refractivity contribution in [2.24, 2.45) is 0 Å². The van der Waals surface area contributed by atoms with Crippen molar-refractivity contribution in [2.75, 3.05) is 33.0 Å². The van der Waals surface area contributed by atoms with E-state index in [-0.39, 0.29) is 6.47 Å². The Kier molecular flexibility index (Phi) is 8.97. The average molecular weight is 191 g/mol. The van der Waals surface area contributed by atoms with Crippen LogP contribution in [0.3, 0.4) is 0 Å². The second kappa shape index (κ2) is 9.44. The fourth-order valence-electron chi connectivity index (χ4n) is 0.987. The number of nitrogens with one attached hydrogen (secondary N) is 1. The van der Waals surface area contributed by atoms with Gasteiger partial charge in [-0.05, 0) is 6.92 Å². The second-order valence-electron chi connectivity index (χ2n) is 2.49. The van der Waals surface area contributed by atoms with E-state index >= 15 is 0 Å². The molecule has 1 aliphatic heterocycles. The Balaban J connectivity index is 0.000000424. The molecule has 5 nitrogen and oxygen atoms in total. The highest BCUT2D eigenvalue weighted by Crippen LogP contribution is 1.92. The fourth-order valence-corrected chi connectivity index (χ4v) is 0.987. The van der Waals surface area contributed by atoms with Gasteiger partial charge < -0.3 is 19.9 Å². The standard InChI is InChI=1S/C7H15NO2.CH2O2/c1-2-9-5-7-6-10-4-3-8-7;2-1-3/h7-8H,2-6H2,1H3;1H,(H,2,3). The molecule has 0 aromatic carbocycles. The molecule has 0 aliphatic carbocycles. The van der Waals surface area contributed by atoms with Crippen LogP contribution >= 0.6 is 0 Å². The summed E-state index contributed by atoms with van der Waals surface area (Å²) in [5.41, 5.74) is 0. The van der Waals surface area contributed by atoms with Gasteiger partial charge in [-0.1, -0.05) is 0 Å². The summed E-state index contributed by atoms with van der Waals surface area (Å²) in [5, 5.41) is 10.2. The largest absolute Gasteiger partial charge is 0.483 e. The lowest BCUT2D eigenvalue weighted by molar-refractivity contribution is -0.122. The normalized spacial score (nSPS) is 21.5. The van der Waals surface area contributed by atoms with Crippen LogP contribution < -0.4 is 5.32 Å². The summed E-state index contributed by atoms with van der Waals surface area (Å²) in [6, 6.07) is 0.411. The quantitative estimate of drug-likeness (QED) is 0.600. The number of morpholine rings is 1. The summed E-state index contributed by atoms with van der Waals surface area (Å²) in [4.78, 5) is 8.36. The van der Waals surface area contributed by atoms with Crippen molar-refractivity contribution in [3.05, 3.63) is 0 Å². The zero-order chi connectivity index (χ0) is 9.94. The van der Waals surface area contributed by atoms with Crippen molar-refractivity contribution in [1.29, 1.82) is 0 Å². The molecular weight excluding hydrogens is 174 g/mol. The smallest absolute Gasteiger partial charge is 0.290 e. The van der Waals surface area contributed by atoms with Crippen LogP contribution in [0, 0.1) is 0 Å². The van der Waals surface area contributed by atoms with E-state index < -0.39 is 0 Å². The lowest BCUT2D eigenvalue weighted by atomic mass is 10.3. The molecule has 0 aromatic rings. The topological polar surface area (TPSA) is 67.8 Å². The van der Waals surface area contributed by atoms with Gasteiger partial charge in [0.2, 0.25) is 0 Å². The van der Waals surface area contributed by atoms with Crippen molar-refractivity contribution in [3.8, 4) is 0 Å². The first-order chi connectivity index (χ1) is 6.35. The van der Waals surface area contributed by atoms with Gasteiger partial charge in [-0.25, -0.2) is 0 Å². The van der Waals surface area contributed by atoms with Gasteiger partial charge in [-0.3, -0.25) is 4.79 Å². The molecule has 1 aliphatic rings. The van der Waals surface area contributed by atoms with E-state index in [1.54, 1.807) is 0 Å². The monoisotopic (exact) mass is 191 g/mol. The maximum absolute atomic E-state index is 8.36. The van der Waals surface area contributed by atoms with Crippen molar-refractivity contribution >= 4 is 6.47 Å². The van der Waals surface area contributed by atoms with Crippen molar-refractivity contribution in [1.82, 2.24) is 5.32 Å². The molecule has 1 unspecified atom stereocenters. The fraction of sp³-hybridized carbons (Fsp3) is 0.875. The van der Waals surface area contributed by atoms with Crippen LogP contribution in [0.25, 0.3) is 0 Å². The maximum atomic E-state index is 8.36. The molecule has 1 fully saturated rings. The molecule has 0 aromatic heterocycles. The Bertz CT molecular complexity index is 115. The predicted octanol–water partition coefficient (Wildman–Crippen LogP) is -0.288. The lowest BCUT2D eigenvalue weighted by Crippen LogP contribution is -2.44. The van der Waals surface area contributed by atoms with Crippen LogP contribution in [0.2, 0.25) is 0 Å². The first-order valence-corrected chi connectivity index (χ1v) is 4.31. The molecule has 0 amide bonds. The summed E-state index contributed by atoms with van der Waals surface area (Å²) in [6.45, 7) is 5.90.